The van der Waals surface area contributed by atoms with Gasteiger partial charge in [0.1, 0.15) is 5.69 Å². The standard InChI is InChI=1S/C40H46F3N2/c1-24(2)32-21-30(27-15-17-39(6,7)18-16-27)22-33(25(3)4)37(32)45-36-12-10-9-11-35(36)44(8)38(45)34-23-29-20-31(40(41,42)43)14-13-28(29)19-26(34)5/h9-14,19-25,27H,15-18H2,1-8H3/q+1/i27D. The largest absolute Gasteiger partial charge is 0.416 e. The molecule has 5 aromatic rings. The van der Waals surface area contributed by atoms with E-state index in [1.165, 1.54) is 17.2 Å². The molecule has 2 nitrogen and oxygen atoms in total. The molecule has 1 aromatic heterocycles. The summed E-state index contributed by atoms with van der Waals surface area (Å²) < 4.78 is 55.5. The van der Waals surface area contributed by atoms with E-state index in [4.69, 9.17) is 0 Å². The maximum Gasteiger partial charge on any atom is 0.416 e. The molecule has 0 N–H and O–H groups in total. The van der Waals surface area contributed by atoms with Crippen molar-refractivity contribution in [3.63, 3.8) is 0 Å². The molecule has 0 spiro atoms. The van der Waals surface area contributed by atoms with Crippen LogP contribution in [0.2, 0.25) is 0 Å². The molecule has 0 bridgehead atoms. The van der Waals surface area contributed by atoms with Crippen LogP contribution in [0.25, 0.3) is 38.9 Å². The van der Waals surface area contributed by atoms with Crippen LogP contribution in [0, 0.1) is 12.3 Å². The summed E-state index contributed by atoms with van der Waals surface area (Å²) >= 11 is 0. The monoisotopic (exact) mass is 612 g/mol. The van der Waals surface area contributed by atoms with E-state index in [9.17, 15) is 14.5 Å². The average molecular weight is 613 g/mol. The van der Waals surface area contributed by atoms with Crippen molar-refractivity contribution in [3.05, 3.63) is 94.5 Å². The molecule has 1 fully saturated rings. The van der Waals surface area contributed by atoms with Gasteiger partial charge in [0.25, 0.3) is 5.82 Å². The van der Waals surface area contributed by atoms with Gasteiger partial charge in [-0.3, -0.25) is 0 Å². The van der Waals surface area contributed by atoms with Gasteiger partial charge in [-0.2, -0.15) is 17.7 Å². The Morgan fingerprint density at radius 1 is 0.867 bits per heavy atom. The minimum Gasteiger partial charge on any atom is -0.225 e. The van der Waals surface area contributed by atoms with Gasteiger partial charge in [-0.05, 0) is 108 Å². The van der Waals surface area contributed by atoms with Gasteiger partial charge in [0.2, 0.25) is 0 Å². The molecule has 1 aliphatic carbocycles. The van der Waals surface area contributed by atoms with E-state index in [2.05, 4.69) is 74.9 Å². The van der Waals surface area contributed by atoms with Crippen molar-refractivity contribution in [2.24, 2.45) is 12.5 Å². The molecule has 0 amide bonds. The predicted octanol–water partition coefficient (Wildman–Crippen LogP) is 11.5. The summed E-state index contributed by atoms with van der Waals surface area (Å²) in [5, 5.41) is 1.35. The molecule has 0 atom stereocenters. The first-order valence-corrected chi connectivity index (χ1v) is 16.3. The third-order valence-corrected chi connectivity index (χ3v) is 10.0. The van der Waals surface area contributed by atoms with Crippen LogP contribution in [0.5, 0.6) is 0 Å². The summed E-state index contributed by atoms with van der Waals surface area (Å²) in [4.78, 5) is 0. The fourth-order valence-corrected chi connectivity index (χ4v) is 7.21. The Morgan fingerprint density at radius 2 is 1.49 bits per heavy atom. The smallest absolute Gasteiger partial charge is 0.225 e. The number of aryl methyl sites for hydroxylation is 2. The van der Waals surface area contributed by atoms with E-state index >= 15 is 0 Å². The van der Waals surface area contributed by atoms with Gasteiger partial charge in [-0.15, -0.1) is 0 Å². The molecule has 236 valence electrons. The highest BCUT2D eigenvalue weighted by Crippen LogP contribution is 2.46. The van der Waals surface area contributed by atoms with Crippen molar-refractivity contribution in [1.82, 2.24) is 4.57 Å². The Kier molecular flexibility index (Phi) is 7.57. The lowest BCUT2D eigenvalue weighted by Crippen LogP contribution is -2.30. The molecular formula is C40H46F3N2+. The van der Waals surface area contributed by atoms with Crippen molar-refractivity contribution >= 4 is 21.8 Å². The number of halogens is 3. The maximum absolute atomic E-state index is 13.8. The third-order valence-electron chi connectivity index (χ3n) is 10.0. The summed E-state index contributed by atoms with van der Waals surface area (Å²) in [5.41, 5.74) is 8.19. The molecule has 1 aliphatic rings. The molecule has 45 heavy (non-hydrogen) atoms. The predicted molar refractivity (Wildman–Crippen MR) is 180 cm³/mol. The van der Waals surface area contributed by atoms with Crippen LogP contribution >= 0.6 is 0 Å². The van der Waals surface area contributed by atoms with E-state index in [0.717, 1.165) is 76.4 Å². The van der Waals surface area contributed by atoms with Crippen molar-refractivity contribution in [3.8, 4) is 17.1 Å². The van der Waals surface area contributed by atoms with Crippen LogP contribution in [0.3, 0.4) is 0 Å². The van der Waals surface area contributed by atoms with Crippen LogP contribution in [-0.2, 0) is 13.2 Å². The second-order valence-corrected chi connectivity index (χ2v) is 14.5. The Bertz CT molecular complexity index is 1920. The van der Waals surface area contributed by atoms with Crippen LogP contribution in [-0.4, -0.2) is 4.57 Å². The van der Waals surface area contributed by atoms with Gasteiger partial charge < -0.3 is 0 Å². The topological polar surface area (TPSA) is 8.81 Å². The van der Waals surface area contributed by atoms with Crippen molar-refractivity contribution in [1.29, 1.82) is 0 Å². The first kappa shape index (κ1) is 30.1. The second kappa shape index (κ2) is 11.3. The third kappa shape index (κ3) is 5.68. The van der Waals surface area contributed by atoms with Crippen molar-refractivity contribution < 1.29 is 19.1 Å². The lowest BCUT2D eigenvalue weighted by Gasteiger charge is -2.35. The van der Waals surface area contributed by atoms with Crippen molar-refractivity contribution in [2.75, 3.05) is 0 Å². The zero-order valence-electron chi connectivity index (χ0n) is 28.9. The SMILES string of the molecule is [2H]C1(c2cc(C(C)C)c(-n3c(-c4cc5cc(C(F)(F)F)ccc5cc4C)[n+](C)c4ccccc43)c(C(C)C)c2)CCC(C)(C)CC1. The number of rotatable bonds is 5. The summed E-state index contributed by atoms with van der Waals surface area (Å²) in [6.07, 6.45) is -0.658. The molecule has 0 radical (unpaired) electrons. The zero-order valence-corrected chi connectivity index (χ0v) is 27.9. The Morgan fingerprint density at radius 3 is 2.09 bits per heavy atom. The van der Waals surface area contributed by atoms with E-state index in [1.807, 2.05) is 38.2 Å². The molecule has 5 heteroatoms. The number of aromatic nitrogens is 2. The number of hydrogen-bond donors (Lipinski definition) is 0. The fraction of sp³-hybridized carbons (Fsp3) is 0.425. The average Bonchev–Trinajstić information content (AvgIpc) is 3.28. The van der Waals surface area contributed by atoms with Crippen LogP contribution in [0.1, 0.15) is 114 Å². The summed E-state index contributed by atoms with van der Waals surface area (Å²) in [6, 6.07) is 20.8. The van der Waals surface area contributed by atoms with Gasteiger partial charge in [0.05, 0.1) is 18.2 Å². The number of benzene rings is 4. The first-order chi connectivity index (χ1) is 21.5. The summed E-state index contributed by atoms with van der Waals surface area (Å²) in [7, 11) is 2.05. The number of imidazole rings is 1. The number of alkyl halides is 3. The number of fused-ring (bicyclic) bond motifs is 2. The number of nitrogens with zero attached hydrogens (tertiary/aromatic N) is 2. The summed E-state index contributed by atoms with van der Waals surface area (Å²) in [5.74, 6) is 0.665. The number of hydrogen-bond acceptors (Lipinski definition) is 0. The van der Waals surface area contributed by atoms with Gasteiger partial charge >= 0.3 is 6.18 Å². The Balaban J connectivity index is 1.67. The molecule has 6 rings (SSSR count). The van der Waals surface area contributed by atoms with E-state index in [-0.39, 0.29) is 17.3 Å². The molecule has 0 unspecified atom stereocenters. The normalized spacial score (nSPS) is 17.0. The lowest BCUT2D eigenvalue weighted by molar-refractivity contribution is -0.633. The van der Waals surface area contributed by atoms with Gasteiger partial charge in [0, 0.05) is 12.5 Å². The highest BCUT2D eigenvalue weighted by molar-refractivity contribution is 5.90. The Labute approximate surface area is 267 Å². The number of para-hydroxylation sites is 2. The van der Waals surface area contributed by atoms with E-state index in [0.29, 0.717) is 5.39 Å². The first-order valence-electron chi connectivity index (χ1n) is 16.8. The van der Waals surface area contributed by atoms with E-state index < -0.39 is 17.6 Å². The zero-order chi connectivity index (χ0) is 33.3. The fourth-order valence-electron chi connectivity index (χ4n) is 7.21. The molecule has 1 saturated carbocycles. The highest BCUT2D eigenvalue weighted by Gasteiger charge is 2.35. The van der Waals surface area contributed by atoms with Crippen LogP contribution < -0.4 is 4.57 Å². The molecular weight excluding hydrogens is 565 g/mol. The van der Waals surface area contributed by atoms with E-state index in [1.54, 1.807) is 6.07 Å². The molecule has 1 heterocycles. The molecule has 4 aromatic carbocycles. The Hall–Kier alpha value is -3.60. The molecule has 0 saturated heterocycles. The second-order valence-electron chi connectivity index (χ2n) is 14.5. The van der Waals surface area contributed by atoms with Gasteiger partial charge in [0.15, 0.2) is 11.0 Å². The molecule has 0 aliphatic heterocycles. The van der Waals surface area contributed by atoms with Gasteiger partial charge in [-0.1, -0.05) is 77.9 Å². The van der Waals surface area contributed by atoms with Gasteiger partial charge in [-0.25, -0.2) is 4.57 Å². The lowest BCUT2D eigenvalue weighted by atomic mass is 9.70. The van der Waals surface area contributed by atoms with Crippen molar-refractivity contribution in [2.45, 2.75) is 98.1 Å². The minimum atomic E-state index is -4.41. The summed E-state index contributed by atoms with van der Waals surface area (Å²) in [6.45, 7) is 15.5. The quantitative estimate of drug-likeness (QED) is 0.175. The highest BCUT2D eigenvalue weighted by atomic mass is 19.4. The maximum atomic E-state index is 13.8. The van der Waals surface area contributed by atoms with Crippen LogP contribution in [0.4, 0.5) is 13.2 Å². The minimum absolute atomic E-state index is 0.183. The van der Waals surface area contributed by atoms with Crippen LogP contribution in [0.15, 0.2) is 66.7 Å².